The largest absolute Gasteiger partial charge is 0.327 e. The first-order valence-corrected chi connectivity index (χ1v) is 3.30. The van der Waals surface area contributed by atoms with Crippen LogP contribution in [0.2, 0.25) is 0 Å². The van der Waals surface area contributed by atoms with Gasteiger partial charge in [0.25, 0.3) is 0 Å². The Labute approximate surface area is 61.2 Å². The van der Waals surface area contributed by atoms with Gasteiger partial charge in [0.2, 0.25) is 5.91 Å². The highest BCUT2D eigenvalue weighted by Crippen LogP contribution is 1.96. The molecule has 3 heteroatoms. The topological polar surface area (TPSA) is 44.1 Å². The third-order valence-corrected chi connectivity index (χ3v) is 1.40. The molecule has 0 saturated heterocycles. The summed E-state index contributed by atoms with van der Waals surface area (Å²) in [6, 6.07) is 1.70. The quantitative estimate of drug-likeness (QED) is 0.568. The molecule has 56 valence electrons. The lowest BCUT2D eigenvalue weighted by Crippen LogP contribution is -2.35. The minimum Gasteiger partial charge on any atom is -0.327 e. The average Bonchev–Trinajstić information content (AvgIpc) is 1.88. The molecule has 0 aromatic heterocycles. The number of nitriles is 1. The van der Waals surface area contributed by atoms with E-state index >= 15 is 0 Å². The summed E-state index contributed by atoms with van der Waals surface area (Å²) >= 11 is 0. The molecule has 0 N–H and O–H groups in total. The number of hydrogen-bond acceptors (Lipinski definition) is 2. The second-order valence-electron chi connectivity index (χ2n) is 2.11. The Morgan fingerprint density at radius 3 is 2.40 bits per heavy atom. The summed E-state index contributed by atoms with van der Waals surface area (Å²) < 4.78 is 0. The van der Waals surface area contributed by atoms with Gasteiger partial charge in [0.1, 0.15) is 6.04 Å². The monoisotopic (exact) mass is 140 g/mol. The maximum absolute atomic E-state index is 10.8. The zero-order valence-electron chi connectivity index (χ0n) is 6.59. The van der Waals surface area contributed by atoms with Gasteiger partial charge in [-0.15, -0.1) is 0 Å². The van der Waals surface area contributed by atoms with Crippen molar-refractivity contribution < 1.29 is 4.79 Å². The Bertz CT molecular complexity index is 159. The van der Waals surface area contributed by atoms with Gasteiger partial charge in [0.15, 0.2) is 0 Å². The lowest BCUT2D eigenvalue weighted by molar-refractivity contribution is -0.129. The number of carbonyl (C=O) groups is 1. The molecule has 0 radical (unpaired) electrons. The molecule has 0 rings (SSSR count). The molecule has 0 saturated carbocycles. The van der Waals surface area contributed by atoms with Crippen LogP contribution in [-0.4, -0.2) is 23.4 Å². The Balaban J connectivity index is 4.09. The van der Waals surface area contributed by atoms with Crippen LogP contribution < -0.4 is 0 Å². The van der Waals surface area contributed by atoms with Crippen LogP contribution in [-0.2, 0) is 4.79 Å². The molecule has 0 aliphatic heterocycles. The minimum atomic E-state index is -0.303. The van der Waals surface area contributed by atoms with Gasteiger partial charge in [-0.2, -0.15) is 5.26 Å². The fraction of sp³-hybridized carbons (Fsp3) is 0.714. The molecule has 1 unspecified atom stereocenters. The molecule has 0 aliphatic carbocycles. The molecule has 0 heterocycles. The van der Waals surface area contributed by atoms with Gasteiger partial charge in [0.05, 0.1) is 6.07 Å². The molecule has 3 nitrogen and oxygen atoms in total. The van der Waals surface area contributed by atoms with Gasteiger partial charge in [-0.3, -0.25) is 4.79 Å². The van der Waals surface area contributed by atoms with E-state index in [4.69, 9.17) is 5.26 Å². The molecular weight excluding hydrogens is 128 g/mol. The van der Waals surface area contributed by atoms with Crippen molar-refractivity contribution in [2.24, 2.45) is 0 Å². The zero-order valence-corrected chi connectivity index (χ0v) is 6.59. The summed E-state index contributed by atoms with van der Waals surface area (Å²) in [6.45, 7) is 5.64. The zero-order chi connectivity index (χ0) is 8.15. The highest BCUT2D eigenvalue weighted by molar-refractivity contribution is 5.73. The van der Waals surface area contributed by atoms with E-state index in [0.717, 1.165) is 0 Å². The standard InChI is InChI=1S/C7H12N2O/c1-4-9(7(3)10)6(2)5-8/h6H,4H2,1-3H3. The van der Waals surface area contributed by atoms with E-state index in [1.807, 2.05) is 13.0 Å². The number of rotatable bonds is 2. The van der Waals surface area contributed by atoms with Crippen LogP contribution in [0.3, 0.4) is 0 Å². The second-order valence-corrected chi connectivity index (χ2v) is 2.11. The van der Waals surface area contributed by atoms with E-state index in [-0.39, 0.29) is 11.9 Å². The normalized spacial score (nSPS) is 11.8. The highest BCUT2D eigenvalue weighted by atomic mass is 16.2. The number of carbonyl (C=O) groups excluding carboxylic acids is 1. The summed E-state index contributed by atoms with van der Waals surface area (Å²) in [5, 5.41) is 8.44. The first-order valence-electron chi connectivity index (χ1n) is 3.30. The molecule has 1 amide bonds. The fourth-order valence-electron chi connectivity index (χ4n) is 0.839. The molecule has 0 aromatic carbocycles. The maximum atomic E-state index is 10.8. The summed E-state index contributed by atoms with van der Waals surface area (Å²) in [4.78, 5) is 12.3. The van der Waals surface area contributed by atoms with Crippen molar-refractivity contribution in [3.8, 4) is 6.07 Å². The highest BCUT2D eigenvalue weighted by Gasteiger charge is 2.12. The number of nitrogens with zero attached hydrogens (tertiary/aromatic N) is 2. The number of hydrogen-bond donors (Lipinski definition) is 0. The average molecular weight is 140 g/mol. The summed E-state index contributed by atoms with van der Waals surface area (Å²) in [6.07, 6.45) is 0. The van der Waals surface area contributed by atoms with E-state index in [2.05, 4.69) is 0 Å². The summed E-state index contributed by atoms with van der Waals surface area (Å²) in [7, 11) is 0. The van der Waals surface area contributed by atoms with Gasteiger partial charge < -0.3 is 4.90 Å². The fourth-order valence-corrected chi connectivity index (χ4v) is 0.839. The molecule has 0 bridgehead atoms. The predicted octanol–water partition coefficient (Wildman–Crippen LogP) is 0.767. The number of amides is 1. The molecule has 0 aliphatic rings. The van der Waals surface area contributed by atoms with Crippen molar-refractivity contribution in [1.29, 1.82) is 5.26 Å². The van der Waals surface area contributed by atoms with Crippen molar-refractivity contribution in [3.05, 3.63) is 0 Å². The van der Waals surface area contributed by atoms with Gasteiger partial charge in [-0.1, -0.05) is 0 Å². The Morgan fingerprint density at radius 1 is 1.80 bits per heavy atom. The third kappa shape index (κ3) is 2.06. The lowest BCUT2D eigenvalue weighted by atomic mass is 10.3. The van der Waals surface area contributed by atoms with E-state index in [0.29, 0.717) is 6.54 Å². The molecule has 0 aromatic rings. The molecular formula is C7H12N2O. The predicted molar refractivity (Wildman–Crippen MR) is 38.1 cm³/mol. The van der Waals surface area contributed by atoms with Crippen LogP contribution in [0.4, 0.5) is 0 Å². The van der Waals surface area contributed by atoms with Crippen LogP contribution >= 0.6 is 0 Å². The van der Waals surface area contributed by atoms with Crippen LogP contribution in [0, 0.1) is 11.3 Å². The van der Waals surface area contributed by atoms with Crippen LogP contribution in [0.5, 0.6) is 0 Å². The SMILES string of the molecule is CCN(C(C)=O)C(C)C#N. The molecule has 10 heavy (non-hydrogen) atoms. The van der Waals surface area contributed by atoms with E-state index in [9.17, 15) is 4.79 Å². The minimum absolute atomic E-state index is 0.0449. The van der Waals surface area contributed by atoms with Crippen LogP contribution in [0.15, 0.2) is 0 Å². The molecule has 0 fully saturated rings. The van der Waals surface area contributed by atoms with E-state index in [1.54, 1.807) is 6.92 Å². The molecule has 0 spiro atoms. The van der Waals surface area contributed by atoms with E-state index in [1.165, 1.54) is 11.8 Å². The smallest absolute Gasteiger partial charge is 0.220 e. The van der Waals surface area contributed by atoms with Gasteiger partial charge >= 0.3 is 0 Å². The Kier molecular flexibility index (Phi) is 3.48. The van der Waals surface area contributed by atoms with Crippen LogP contribution in [0.1, 0.15) is 20.8 Å². The van der Waals surface area contributed by atoms with Gasteiger partial charge in [0, 0.05) is 13.5 Å². The summed E-state index contributed by atoms with van der Waals surface area (Å²) in [5.41, 5.74) is 0. The Morgan fingerprint density at radius 2 is 2.30 bits per heavy atom. The maximum Gasteiger partial charge on any atom is 0.220 e. The lowest BCUT2D eigenvalue weighted by Gasteiger charge is -2.20. The van der Waals surface area contributed by atoms with Crippen LogP contribution in [0.25, 0.3) is 0 Å². The van der Waals surface area contributed by atoms with Crippen molar-refractivity contribution in [2.75, 3.05) is 6.54 Å². The van der Waals surface area contributed by atoms with Crippen molar-refractivity contribution in [1.82, 2.24) is 4.90 Å². The first-order chi connectivity index (χ1) is 4.63. The second kappa shape index (κ2) is 3.89. The van der Waals surface area contributed by atoms with Crippen molar-refractivity contribution in [2.45, 2.75) is 26.8 Å². The van der Waals surface area contributed by atoms with E-state index < -0.39 is 0 Å². The van der Waals surface area contributed by atoms with Gasteiger partial charge in [-0.25, -0.2) is 0 Å². The third-order valence-electron chi connectivity index (χ3n) is 1.40. The van der Waals surface area contributed by atoms with Gasteiger partial charge in [-0.05, 0) is 13.8 Å². The summed E-state index contributed by atoms with van der Waals surface area (Å²) in [5.74, 6) is -0.0449. The van der Waals surface area contributed by atoms with Crippen molar-refractivity contribution >= 4 is 5.91 Å². The van der Waals surface area contributed by atoms with Crippen molar-refractivity contribution in [3.63, 3.8) is 0 Å². The first kappa shape index (κ1) is 8.96. The molecule has 1 atom stereocenters. The Hall–Kier alpha value is -1.04.